The van der Waals surface area contributed by atoms with E-state index in [-0.39, 0.29) is 17.1 Å². The van der Waals surface area contributed by atoms with Gasteiger partial charge in [0.15, 0.2) is 0 Å². The lowest BCUT2D eigenvalue weighted by Gasteiger charge is -2.49. The molecule has 2 unspecified atom stereocenters. The molecule has 0 aromatic heterocycles. The zero-order valence-electron chi connectivity index (χ0n) is 21.7. The van der Waals surface area contributed by atoms with Crippen molar-refractivity contribution in [3.8, 4) is 5.75 Å². The van der Waals surface area contributed by atoms with Gasteiger partial charge in [0.25, 0.3) is 0 Å². The Morgan fingerprint density at radius 2 is 1.55 bits per heavy atom. The summed E-state index contributed by atoms with van der Waals surface area (Å²) < 4.78 is 13.0. The van der Waals surface area contributed by atoms with Gasteiger partial charge in [-0.25, -0.2) is 0 Å². The lowest BCUT2D eigenvalue weighted by molar-refractivity contribution is -0.136. The fourth-order valence-electron chi connectivity index (χ4n) is 5.63. The zero-order chi connectivity index (χ0) is 23.7. The summed E-state index contributed by atoms with van der Waals surface area (Å²) in [5.41, 5.74) is 3.09. The number of hydrogen-bond acceptors (Lipinski definition) is 2. The molecule has 1 fully saturated rings. The van der Waals surface area contributed by atoms with E-state index < -0.39 is 0 Å². The van der Waals surface area contributed by atoms with Gasteiger partial charge in [0.05, 0.1) is 6.61 Å². The van der Waals surface area contributed by atoms with Crippen LogP contribution in [0, 0.1) is 10.8 Å². The van der Waals surface area contributed by atoms with Crippen LogP contribution in [0.15, 0.2) is 54.6 Å². The Morgan fingerprint density at radius 3 is 2.12 bits per heavy atom. The maximum Gasteiger partial charge on any atom is 0.200 e. The predicted molar refractivity (Wildman–Crippen MR) is 140 cm³/mol. The second kappa shape index (κ2) is 12.1. The first-order chi connectivity index (χ1) is 15.9. The lowest BCUT2D eigenvalue weighted by atomic mass is 9.57. The van der Waals surface area contributed by atoms with Crippen molar-refractivity contribution in [3.63, 3.8) is 0 Å². The van der Waals surface area contributed by atoms with Gasteiger partial charge in [0.1, 0.15) is 5.75 Å². The second-order valence-electron chi connectivity index (χ2n) is 11.1. The molecule has 0 spiro atoms. The topological polar surface area (TPSA) is 18.5 Å². The van der Waals surface area contributed by atoms with Crippen molar-refractivity contribution >= 4 is 0 Å². The Balaban J connectivity index is 1.77. The number of benzene rings is 2. The molecule has 0 bridgehead atoms. The largest absolute Gasteiger partial charge is 0.465 e. The van der Waals surface area contributed by atoms with E-state index in [1.54, 1.807) is 0 Å². The highest BCUT2D eigenvalue weighted by Gasteiger charge is 2.44. The Hall–Kier alpha value is -1.80. The first kappa shape index (κ1) is 25.8. The fourth-order valence-corrected chi connectivity index (χ4v) is 5.63. The second-order valence-corrected chi connectivity index (χ2v) is 11.1. The maximum atomic E-state index is 6.57. The summed E-state index contributed by atoms with van der Waals surface area (Å²) >= 11 is 0. The summed E-state index contributed by atoms with van der Waals surface area (Å²) in [5.74, 6) is 1.56. The molecular formula is C31H46O2. The average molecular weight is 451 g/mol. The average Bonchev–Trinajstić information content (AvgIpc) is 2.82. The number of rotatable bonds is 11. The molecule has 0 aliphatic heterocycles. The first-order valence-electron chi connectivity index (χ1n) is 13.3. The molecule has 2 atom stereocenters. The van der Waals surface area contributed by atoms with Crippen molar-refractivity contribution in [2.45, 2.75) is 111 Å². The molecule has 1 aliphatic carbocycles. The van der Waals surface area contributed by atoms with E-state index >= 15 is 0 Å². The molecule has 2 nitrogen and oxygen atoms in total. The van der Waals surface area contributed by atoms with Crippen LogP contribution in [0.2, 0.25) is 0 Å². The van der Waals surface area contributed by atoms with Crippen molar-refractivity contribution in [2.24, 2.45) is 10.8 Å². The summed E-state index contributed by atoms with van der Waals surface area (Å²) in [4.78, 5) is 0. The number of ether oxygens (including phenoxy) is 2. The molecule has 182 valence electrons. The highest BCUT2D eigenvalue weighted by atomic mass is 16.7. The Morgan fingerprint density at radius 1 is 0.879 bits per heavy atom. The van der Waals surface area contributed by atoms with Crippen LogP contribution in [-0.4, -0.2) is 6.29 Å². The van der Waals surface area contributed by atoms with Gasteiger partial charge >= 0.3 is 0 Å². The Labute approximate surface area is 203 Å². The molecule has 2 aromatic carbocycles. The van der Waals surface area contributed by atoms with Gasteiger partial charge < -0.3 is 9.47 Å². The van der Waals surface area contributed by atoms with E-state index in [1.165, 1.54) is 62.5 Å². The van der Waals surface area contributed by atoms with Gasteiger partial charge in [-0.05, 0) is 65.7 Å². The minimum Gasteiger partial charge on any atom is -0.465 e. The van der Waals surface area contributed by atoms with Gasteiger partial charge in [-0.2, -0.15) is 0 Å². The molecule has 2 heteroatoms. The van der Waals surface area contributed by atoms with Crippen LogP contribution in [0.5, 0.6) is 5.75 Å². The van der Waals surface area contributed by atoms with Crippen LogP contribution in [0.3, 0.4) is 0 Å². The summed E-state index contributed by atoms with van der Waals surface area (Å²) in [6.45, 7) is 12.3. The minimum atomic E-state index is -0.244. The summed E-state index contributed by atoms with van der Waals surface area (Å²) in [6.07, 6.45) is 10.9. The lowest BCUT2D eigenvalue weighted by Crippen LogP contribution is -2.42. The molecule has 0 heterocycles. The van der Waals surface area contributed by atoms with E-state index in [4.69, 9.17) is 9.47 Å². The van der Waals surface area contributed by atoms with Crippen molar-refractivity contribution in [1.29, 1.82) is 0 Å². The smallest absolute Gasteiger partial charge is 0.200 e. The van der Waals surface area contributed by atoms with Gasteiger partial charge in [-0.1, -0.05) is 103 Å². The standard InChI is InChI=1S/C31H46O2/c1-6-14-26(7-2)27-17-19-28(20-18-27)33-29(32-24-25-15-10-8-11-16-25)23-31(30(3,4)5)21-12-9-13-22-31/h8,10-11,15-20,26,29H,6-7,9,12-14,21-24H2,1-5H3. The first-order valence-corrected chi connectivity index (χ1v) is 13.3. The summed E-state index contributed by atoms with van der Waals surface area (Å²) in [7, 11) is 0. The molecule has 3 rings (SSSR count). The molecule has 0 saturated heterocycles. The van der Waals surface area contributed by atoms with Gasteiger partial charge in [0, 0.05) is 6.42 Å². The van der Waals surface area contributed by atoms with Crippen molar-refractivity contribution in [3.05, 3.63) is 65.7 Å². The normalized spacial score (nSPS) is 18.0. The zero-order valence-corrected chi connectivity index (χ0v) is 21.7. The van der Waals surface area contributed by atoms with E-state index in [9.17, 15) is 0 Å². The van der Waals surface area contributed by atoms with Gasteiger partial charge in [-0.3, -0.25) is 0 Å². The highest BCUT2D eigenvalue weighted by Crippen LogP contribution is 2.53. The van der Waals surface area contributed by atoms with E-state index in [0.29, 0.717) is 12.5 Å². The third-order valence-corrected chi connectivity index (χ3v) is 7.99. The molecule has 1 aliphatic rings. The SMILES string of the molecule is CCCC(CC)c1ccc(OC(CC2(C(C)(C)C)CCCCC2)OCc2ccccc2)cc1. The van der Waals surface area contributed by atoms with Gasteiger partial charge in [-0.15, -0.1) is 0 Å². The molecule has 2 aromatic rings. The molecule has 33 heavy (non-hydrogen) atoms. The monoisotopic (exact) mass is 450 g/mol. The fraction of sp³-hybridized carbons (Fsp3) is 0.613. The Kier molecular flexibility index (Phi) is 9.44. The van der Waals surface area contributed by atoms with Crippen LogP contribution >= 0.6 is 0 Å². The van der Waals surface area contributed by atoms with Crippen molar-refractivity contribution < 1.29 is 9.47 Å². The van der Waals surface area contributed by atoms with Crippen molar-refractivity contribution in [2.75, 3.05) is 0 Å². The van der Waals surface area contributed by atoms with Crippen LogP contribution < -0.4 is 4.74 Å². The minimum absolute atomic E-state index is 0.226. The van der Waals surface area contributed by atoms with Crippen LogP contribution in [0.25, 0.3) is 0 Å². The van der Waals surface area contributed by atoms with E-state index in [1.807, 2.05) is 0 Å². The van der Waals surface area contributed by atoms with Crippen LogP contribution in [0.4, 0.5) is 0 Å². The summed E-state index contributed by atoms with van der Waals surface area (Å²) in [6, 6.07) is 19.3. The van der Waals surface area contributed by atoms with Crippen LogP contribution in [-0.2, 0) is 11.3 Å². The molecule has 0 N–H and O–H groups in total. The molecular weight excluding hydrogens is 404 g/mol. The van der Waals surface area contributed by atoms with E-state index in [2.05, 4.69) is 89.2 Å². The van der Waals surface area contributed by atoms with Crippen molar-refractivity contribution in [1.82, 2.24) is 0 Å². The predicted octanol–water partition coefficient (Wildman–Crippen LogP) is 9.29. The van der Waals surface area contributed by atoms with Crippen LogP contribution in [0.1, 0.15) is 109 Å². The third-order valence-electron chi connectivity index (χ3n) is 7.99. The summed E-state index contributed by atoms with van der Waals surface area (Å²) in [5, 5.41) is 0. The third kappa shape index (κ3) is 7.09. The van der Waals surface area contributed by atoms with Gasteiger partial charge in [0.2, 0.25) is 6.29 Å². The molecule has 1 saturated carbocycles. The molecule has 0 radical (unpaired) electrons. The molecule has 0 amide bonds. The van der Waals surface area contributed by atoms with E-state index in [0.717, 1.165) is 12.2 Å². The highest BCUT2D eigenvalue weighted by molar-refractivity contribution is 5.29. The number of hydrogen-bond donors (Lipinski definition) is 0. The maximum absolute atomic E-state index is 6.57. The Bertz CT molecular complexity index is 797. The quantitative estimate of drug-likeness (QED) is 0.317.